The number of carbonyl (C=O) groups excluding carboxylic acids is 2. The Morgan fingerprint density at radius 2 is 1.85 bits per heavy atom. The Bertz CT molecular complexity index is 1730. The van der Waals surface area contributed by atoms with Gasteiger partial charge in [-0.2, -0.15) is 0 Å². The van der Waals surface area contributed by atoms with Gasteiger partial charge in [0.05, 0.1) is 33.9 Å². The number of hydrogen-bond donors (Lipinski definition) is 2. The molecule has 2 N–H and O–H groups in total. The normalized spacial score (nSPS) is 23.5. The molecule has 2 aromatic heterocycles. The van der Waals surface area contributed by atoms with Crippen LogP contribution in [-0.2, 0) is 29.6 Å². The van der Waals surface area contributed by atoms with Crippen LogP contribution in [0.4, 0.5) is 0 Å². The minimum absolute atomic E-state index is 0.110. The summed E-state index contributed by atoms with van der Waals surface area (Å²) in [6, 6.07) is 6.22. The Hall–Kier alpha value is -3.55. The van der Waals surface area contributed by atoms with E-state index in [9.17, 15) is 33.0 Å². The number of benzene rings is 1. The van der Waals surface area contributed by atoms with Crippen molar-refractivity contribution in [2.45, 2.75) is 57.2 Å². The summed E-state index contributed by atoms with van der Waals surface area (Å²) < 4.78 is 31.8. The number of aliphatic hydroxyl groups is 1. The summed E-state index contributed by atoms with van der Waals surface area (Å²) in [7, 11) is -3.68. The SMILES string of the molecule is C[C@@H](O)[C@H]1C(=O)N2C(C(=O)O)=C(c3cn4cnc(S(C)(=O)=O)c4s3)[C@](C)(COC(=O)c3ccc(C(C)(C)C)cc3)[C@@H]12. The summed E-state index contributed by atoms with van der Waals surface area (Å²) in [5.41, 5.74) is -0.0775. The minimum atomic E-state index is -3.68. The van der Waals surface area contributed by atoms with E-state index in [-0.39, 0.29) is 33.1 Å². The van der Waals surface area contributed by atoms with E-state index in [1.807, 2.05) is 12.1 Å². The molecule has 2 aliphatic heterocycles. The molecule has 4 atom stereocenters. The van der Waals surface area contributed by atoms with Gasteiger partial charge in [0.1, 0.15) is 23.5 Å². The van der Waals surface area contributed by atoms with E-state index in [4.69, 9.17) is 4.74 Å². The lowest BCUT2D eigenvalue weighted by Gasteiger charge is -2.50. The quantitative estimate of drug-likeness (QED) is 0.307. The van der Waals surface area contributed by atoms with E-state index in [0.29, 0.717) is 10.4 Å². The molecule has 2 aliphatic rings. The molecule has 13 heteroatoms. The van der Waals surface area contributed by atoms with E-state index in [1.165, 1.54) is 17.7 Å². The molecule has 11 nitrogen and oxygen atoms in total. The zero-order valence-electron chi connectivity index (χ0n) is 23.4. The van der Waals surface area contributed by atoms with Crippen LogP contribution in [0.5, 0.6) is 0 Å². The zero-order chi connectivity index (χ0) is 30.2. The number of sulfone groups is 1. The highest BCUT2D eigenvalue weighted by molar-refractivity contribution is 7.91. The van der Waals surface area contributed by atoms with Gasteiger partial charge in [-0.3, -0.25) is 9.20 Å². The van der Waals surface area contributed by atoms with Crippen LogP contribution in [0.1, 0.15) is 55.4 Å². The molecule has 1 saturated heterocycles. The summed E-state index contributed by atoms with van der Waals surface area (Å²) in [6.07, 6.45) is 2.82. The number of amides is 1. The van der Waals surface area contributed by atoms with E-state index in [2.05, 4.69) is 25.8 Å². The molecule has 0 saturated carbocycles. The largest absolute Gasteiger partial charge is 0.477 e. The van der Waals surface area contributed by atoms with Crippen molar-refractivity contribution in [2.75, 3.05) is 12.9 Å². The smallest absolute Gasteiger partial charge is 0.352 e. The van der Waals surface area contributed by atoms with Crippen LogP contribution in [0, 0.1) is 11.3 Å². The number of esters is 1. The third-order valence-corrected chi connectivity index (χ3v) is 10.1. The van der Waals surface area contributed by atoms with Crippen molar-refractivity contribution in [1.29, 1.82) is 0 Å². The van der Waals surface area contributed by atoms with Gasteiger partial charge in [-0.15, -0.1) is 11.3 Å². The summed E-state index contributed by atoms with van der Waals surface area (Å²) in [4.78, 5) is 44.6. The van der Waals surface area contributed by atoms with Crippen LogP contribution < -0.4 is 0 Å². The van der Waals surface area contributed by atoms with Crippen molar-refractivity contribution in [3.63, 3.8) is 0 Å². The zero-order valence-corrected chi connectivity index (χ0v) is 25.0. The van der Waals surface area contributed by atoms with Gasteiger partial charge in [-0.1, -0.05) is 39.8 Å². The number of carbonyl (C=O) groups is 3. The fourth-order valence-electron chi connectivity index (χ4n) is 5.77. The summed E-state index contributed by atoms with van der Waals surface area (Å²) in [5.74, 6) is -3.46. The molecule has 1 aromatic carbocycles. The first kappa shape index (κ1) is 29.0. The standard InChI is InChI=1S/C28H31N3O8S2/c1-14(32)18-21-28(5,12-39-26(36)15-7-9-16(10-8-15)27(2,3)4)19(20(25(34)35)31(21)23(18)33)17-11-30-13-29-22(24(30)40-17)41(6,37)38/h7-11,13-14,18,21,32H,12H2,1-6H3,(H,34,35)/t14-,18-,21-,28+/m1/s1. The highest BCUT2D eigenvalue weighted by atomic mass is 32.2. The Labute approximate surface area is 241 Å². The van der Waals surface area contributed by atoms with Gasteiger partial charge < -0.3 is 19.8 Å². The average molecular weight is 602 g/mol. The maximum Gasteiger partial charge on any atom is 0.352 e. The molecular weight excluding hydrogens is 570 g/mol. The Morgan fingerprint density at radius 3 is 2.39 bits per heavy atom. The number of carboxylic acid groups (broad SMARTS) is 1. The molecule has 1 amide bonds. The Kier molecular flexibility index (Phi) is 6.71. The first-order chi connectivity index (χ1) is 19.0. The molecule has 0 aliphatic carbocycles. The number of β-lactam (4-membered cyclic amide) rings is 1. The first-order valence-corrected chi connectivity index (χ1v) is 15.6. The van der Waals surface area contributed by atoms with Gasteiger partial charge in [0, 0.05) is 18.0 Å². The average Bonchev–Trinajstić information content (AvgIpc) is 3.50. The maximum atomic E-state index is 13.1. The van der Waals surface area contributed by atoms with E-state index in [0.717, 1.165) is 28.1 Å². The Balaban J connectivity index is 1.58. The van der Waals surface area contributed by atoms with Crippen LogP contribution in [0.25, 0.3) is 10.4 Å². The number of aromatic nitrogens is 2. The van der Waals surface area contributed by atoms with Crippen LogP contribution >= 0.6 is 11.3 Å². The summed E-state index contributed by atoms with van der Waals surface area (Å²) >= 11 is 1.01. The van der Waals surface area contributed by atoms with Gasteiger partial charge >= 0.3 is 11.9 Å². The number of imidazole rings is 1. The fraction of sp³-hybridized carbons (Fsp3) is 0.429. The van der Waals surface area contributed by atoms with E-state index in [1.54, 1.807) is 25.3 Å². The van der Waals surface area contributed by atoms with E-state index >= 15 is 0 Å². The molecule has 41 heavy (non-hydrogen) atoms. The van der Waals surface area contributed by atoms with Gasteiger partial charge in [-0.05, 0) is 30.0 Å². The topological polar surface area (TPSA) is 156 Å². The molecule has 0 radical (unpaired) electrons. The van der Waals surface area contributed by atoms with Gasteiger partial charge in [0.2, 0.25) is 5.91 Å². The van der Waals surface area contributed by atoms with Crippen molar-refractivity contribution in [2.24, 2.45) is 11.3 Å². The second kappa shape index (κ2) is 9.50. The molecule has 5 rings (SSSR count). The van der Waals surface area contributed by atoms with Crippen LogP contribution in [0.3, 0.4) is 0 Å². The van der Waals surface area contributed by atoms with Crippen LogP contribution in [-0.4, -0.2) is 75.8 Å². The summed E-state index contributed by atoms with van der Waals surface area (Å²) in [6.45, 7) is 9.03. The van der Waals surface area contributed by atoms with Crippen molar-refractivity contribution in [1.82, 2.24) is 14.3 Å². The number of carboxylic acids is 1. The second-order valence-electron chi connectivity index (χ2n) is 11.9. The highest BCUT2D eigenvalue weighted by Gasteiger charge is 2.67. The lowest BCUT2D eigenvalue weighted by atomic mass is 9.67. The number of aliphatic hydroxyl groups excluding tert-OH is 1. The number of hydrogen-bond acceptors (Lipinski definition) is 9. The lowest BCUT2D eigenvalue weighted by molar-refractivity contribution is -0.167. The predicted octanol–water partition coefficient (Wildman–Crippen LogP) is 2.98. The molecule has 0 spiro atoms. The minimum Gasteiger partial charge on any atom is -0.477 e. The van der Waals surface area contributed by atoms with E-state index < -0.39 is 51.2 Å². The number of aliphatic carboxylic acids is 1. The summed E-state index contributed by atoms with van der Waals surface area (Å²) in [5, 5.41) is 20.6. The molecule has 218 valence electrons. The maximum absolute atomic E-state index is 13.1. The number of nitrogens with zero attached hydrogens (tertiary/aromatic N) is 3. The molecular formula is C28H31N3O8S2. The van der Waals surface area contributed by atoms with Crippen molar-refractivity contribution < 1.29 is 37.8 Å². The van der Waals surface area contributed by atoms with Gasteiger partial charge in [-0.25, -0.2) is 23.0 Å². The lowest BCUT2D eigenvalue weighted by Crippen LogP contribution is -2.66. The third kappa shape index (κ3) is 4.56. The van der Waals surface area contributed by atoms with Crippen LogP contribution in [0.15, 0.2) is 47.5 Å². The molecule has 0 bridgehead atoms. The second-order valence-corrected chi connectivity index (χ2v) is 14.9. The molecule has 1 fully saturated rings. The fourth-order valence-corrected chi connectivity index (χ4v) is 8.16. The van der Waals surface area contributed by atoms with Gasteiger partial charge in [0.15, 0.2) is 14.9 Å². The number of rotatable bonds is 7. The monoisotopic (exact) mass is 601 g/mol. The van der Waals surface area contributed by atoms with Crippen molar-refractivity contribution in [3.05, 3.63) is 58.5 Å². The third-order valence-electron chi connectivity index (χ3n) is 7.83. The first-order valence-electron chi connectivity index (χ1n) is 12.9. The number of thiazole rings is 1. The predicted molar refractivity (Wildman–Crippen MR) is 150 cm³/mol. The number of ether oxygens (including phenoxy) is 1. The van der Waals surface area contributed by atoms with Crippen LogP contribution in [0.2, 0.25) is 0 Å². The van der Waals surface area contributed by atoms with Gasteiger partial charge in [0.25, 0.3) is 0 Å². The Morgan fingerprint density at radius 1 is 1.22 bits per heavy atom. The highest BCUT2D eigenvalue weighted by Crippen LogP contribution is 2.58. The molecule has 0 unspecified atom stereocenters. The number of fused-ring (bicyclic) bond motifs is 2. The van der Waals surface area contributed by atoms with Crippen molar-refractivity contribution in [3.8, 4) is 0 Å². The molecule has 4 heterocycles. The molecule has 3 aromatic rings. The van der Waals surface area contributed by atoms with Crippen molar-refractivity contribution >= 4 is 49.4 Å².